The van der Waals surface area contributed by atoms with Gasteiger partial charge in [-0.15, -0.1) is 0 Å². The highest BCUT2D eigenvalue weighted by molar-refractivity contribution is 5.66. The predicted octanol–water partition coefficient (Wildman–Crippen LogP) is 3.26. The van der Waals surface area contributed by atoms with Crippen LogP contribution in [0.4, 0.5) is 24.7 Å². The molecule has 0 aliphatic heterocycles. The van der Waals surface area contributed by atoms with E-state index in [-0.39, 0.29) is 0 Å². The van der Waals surface area contributed by atoms with Crippen molar-refractivity contribution in [1.82, 2.24) is 4.98 Å². The van der Waals surface area contributed by atoms with Gasteiger partial charge >= 0.3 is 0 Å². The topological polar surface area (TPSA) is 43.4 Å². The van der Waals surface area contributed by atoms with E-state index >= 15 is 0 Å². The second-order valence-corrected chi connectivity index (χ2v) is 3.78. The molecule has 0 bridgehead atoms. The first-order valence-corrected chi connectivity index (χ1v) is 5.55. The monoisotopic (exact) mass is 284 g/mol. The van der Waals surface area contributed by atoms with Crippen molar-refractivity contribution in [1.29, 1.82) is 0 Å². The molecule has 106 valence electrons. The molecule has 0 amide bonds. The maximum atomic E-state index is 13.5. The van der Waals surface area contributed by atoms with Crippen molar-refractivity contribution in [2.24, 2.45) is 0 Å². The second kappa shape index (κ2) is 5.68. The van der Waals surface area contributed by atoms with Gasteiger partial charge in [0.15, 0.2) is 17.5 Å². The molecule has 1 heterocycles. The van der Waals surface area contributed by atoms with E-state index in [2.05, 4.69) is 10.3 Å². The molecule has 0 fully saturated rings. The molecule has 20 heavy (non-hydrogen) atoms. The quantitative estimate of drug-likeness (QED) is 0.875. The zero-order valence-electron chi connectivity index (χ0n) is 10.7. The Labute approximate surface area is 113 Å². The van der Waals surface area contributed by atoms with Gasteiger partial charge < -0.3 is 14.8 Å². The van der Waals surface area contributed by atoms with Crippen LogP contribution in [0.2, 0.25) is 0 Å². The molecule has 0 saturated heterocycles. The highest BCUT2D eigenvalue weighted by Crippen LogP contribution is 2.31. The van der Waals surface area contributed by atoms with Crippen molar-refractivity contribution in [2.45, 2.75) is 0 Å². The van der Waals surface area contributed by atoms with Gasteiger partial charge in [0.25, 0.3) is 5.95 Å². The number of hydrogen-bond acceptors (Lipinski definition) is 4. The van der Waals surface area contributed by atoms with Gasteiger partial charge in [-0.25, -0.2) is 8.78 Å². The average Bonchev–Trinajstić information content (AvgIpc) is 2.44. The molecule has 0 aliphatic carbocycles. The standard InChI is InChI=1S/C13H11F3N2O2/c1-19-7-3-4-11(20-2)10(5-7)17-13-9(15)6-8(14)12(16)18-13/h3-6H,1-2H3,(H,17,18). The number of ether oxygens (including phenoxy) is 2. The van der Waals surface area contributed by atoms with Crippen molar-refractivity contribution >= 4 is 11.5 Å². The van der Waals surface area contributed by atoms with E-state index in [1.54, 1.807) is 12.1 Å². The van der Waals surface area contributed by atoms with Crippen LogP contribution >= 0.6 is 0 Å². The van der Waals surface area contributed by atoms with Crippen LogP contribution < -0.4 is 14.8 Å². The lowest BCUT2D eigenvalue weighted by Crippen LogP contribution is -2.03. The molecule has 1 N–H and O–H groups in total. The fourth-order valence-electron chi connectivity index (χ4n) is 1.57. The first kappa shape index (κ1) is 14.0. The third-order valence-electron chi connectivity index (χ3n) is 2.55. The fourth-order valence-corrected chi connectivity index (χ4v) is 1.57. The Hall–Kier alpha value is -2.44. The summed E-state index contributed by atoms with van der Waals surface area (Å²) in [4.78, 5) is 3.17. The minimum Gasteiger partial charge on any atom is -0.497 e. The van der Waals surface area contributed by atoms with E-state index in [0.29, 0.717) is 23.3 Å². The molecule has 1 aromatic carbocycles. The summed E-state index contributed by atoms with van der Waals surface area (Å²) < 4.78 is 49.5. The lowest BCUT2D eigenvalue weighted by molar-refractivity contribution is 0.404. The number of methoxy groups -OCH3 is 2. The maximum Gasteiger partial charge on any atom is 0.251 e. The van der Waals surface area contributed by atoms with Crippen molar-refractivity contribution in [3.05, 3.63) is 41.8 Å². The third kappa shape index (κ3) is 2.76. The van der Waals surface area contributed by atoms with Crippen molar-refractivity contribution < 1.29 is 22.6 Å². The number of hydrogen-bond donors (Lipinski definition) is 1. The molecule has 2 aromatic rings. The first-order chi connectivity index (χ1) is 9.55. The van der Waals surface area contributed by atoms with E-state index in [1.807, 2.05) is 0 Å². The first-order valence-electron chi connectivity index (χ1n) is 5.55. The smallest absolute Gasteiger partial charge is 0.251 e. The molecular weight excluding hydrogens is 273 g/mol. The third-order valence-corrected chi connectivity index (χ3v) is 2.55. The number of halogens is 3. The molecule has 7 heteroatoms. The second-order valence-electron chi connectivity index (χ2n) is 3.78. The zero-order valence-corrected chi connectivity index (χ0v) is 10.7. The van der Waals surface area contributed by atoms with Gasteiger partial charge in [-0.1, -0.05) is 0 Å². The molecule has 0 spiro atoms. The Bertz CT molecular complexity index is 635. The van der Waals surface area contributed by atoms with Crippen LogP contribution in [0.3, 0.4) is 0 Å². The summed E-state index contributed by atoms with van der Waals surface area (Å²) in [5, 5.41) is 2.54. The number of pyridine rings is 1. The molecule has 0 saturated carbocycles. The Morgan fingerprint density at radius 1 is 1.00 bits per heavy atom. The predicted molar refractivity (Wildman–Crippen MR) is 66.9 cm³/mol. The van der Waals surface area contributed by atoms with E-state index in [0.717, 1.165) is 0 Å². The summed E-state index contributed by atoms with van der Waals surface area (Å²) in [7, 11) is 2.88. The van der Waals surface area contributed by atoms with Crippen LogP contribution in [0.25, 0.3) is 0 Å². The number of nitrogens with zero attached hydrogens (tertiary/aromatic N) is 1. The summed E-state index contributed by atoms with van der Waals surface area (Å²) in [6.07, 6.45) is 0. The SMILES string of the molecule is COc1ccc(OC)c(Nc2nc(F)c(F)cc2F)c1. The number of anilines is 2. The minimum atomic E-state index is -1.39. The summed E-state index contributed by atoms with van der Waals surface area (Å²) in [5.41, 5.74) is 0.309. The van der Waals surface area contributed by atoms with Crippen molar-refractivity contribution in [2.75, 3.05) is 19.5 Å². The molecule has 0 aliphatic rings. The molecule has 0 unspecified atom stereocenters. The van der Waals surface area contributed by atoms with Gasteiger partial charge in [0.1, 0.15) is 11.5 Å². The Kier molecular flexibility index (Phi) is 3.97. The molecular formula is C13H11F3N2O2. The van der Waals surface area contributed by atoms with Crippen LogP contribution in [-0.4, -0.2) is 19.2 Å². The molecule has 0 atom stereocenters. The fraction of sp³-hybridized carbons (Fsp3) is 0.154. The Balaban J connectivity index is 2.41. The number of benzene rings is 1. The van der Waals surface area contributed by atoms with Gasteiger partial charge in [-0.2, -0.15) is 9.37 Å². The molecule has 4 nitrogen and oxygen atoms in total. The van der Waals surface area contributed by atoms with Crippen LogP contribution in [0.15, 0.2) is 24.3 Å². The Morgan fingerprint density at radius 3 is 2.40 bits per heavy atom. The number of nitrogens with one attached hydrogen (secondary N) is 1. The minimum absolute atomic E-state index is 0.309. The maximum absolute atomic E-state index is 13.5. The highest BCUT2D eigenvalue weighted by atomic mass is 19.2. The van der Waals surface area contributed by atoms with Gasteiger partial charge in [-0.3, -0.25) is 0 Å². The van der Waals surface area contributed by atoms with Gasteiger partial charge in [-0.05, 0) is 12.1 Å². The highest BCUT2D eigenvalue weighted by Gasteiger charge is 2.14. The molecule has 1 aromatic heterocycles. The van der Waals surface area contributed by atoms with Crippen LogP contribution in [0.1, 0.15) is 0 Å². The summed E-state index contributed by atoms with van der Waals surface area (Å²) >= 11 is 0. The average molecular weight is 284 g/mol. The summed E-state index contributed by atoms with van der Waals surface area (Å²) in [6.45, 7) is 0. The summed E-state index contributed by atoms with van der Waals surface area (Å²) in [6, 6.07) is 5.15. The summed E-state index contributed by atoms with van der Waals surface area (Å²) in [5.74, 6) is -3.36. The van der Waals surface area contributed by atoms with E-state index < -0.39 is 23.4 Å². The lowest BCUT2D eigenvalue weighted by atomic mass is 10.2. The Morgan fingerprint density at radius 2 is 1.75 bits per heavy atom. The number of aromatic nitrogens is 1. The zero-order chi connectivity index (χ0) is 14.7. The van der Waals surface area contributed by atoms with Gasteiger partial charge in [0.05, 0.1) is 19.9 Å². The lowest BCUT2D eigenvalue weighted by Gasteiger charge is -2.12. The largest absolute Gasteiger partial charge is 0.497 e. The van der Waals surface area contributed by atoms with Gasteiger partial charge in [0.2, 0.25) is 0 Å². The molecule has 2 rings (SSSR count). The van der Waals surface area contributed by atoms with Crippen LogP contribution in [-0.2, 0) is 0 Å². The van der Waals surface area contributed by atoms with Gasteiger partial charge in [0, 0.05) is 12.1 Å². The van der Waals surface area contributed by atoms with Crippen molar-refractivity contribution in [3.63, 3.8) is 0 Å². The normalized spacial score (nSPS) is 10.2. The van der Waals surface area contributed by atoms with Crippen LogP contribution in [0, 0.1) is 17.6 Å². The van der Waals surface area contributed by atoms with E-state index in [4.69, 9.17) is 9.47 Å². The van der Waals surface area contributed by atoms with E-state index in [1.165, 1.54) is 20.3 Å². The molecule has 0 radical (unpaired) electrons. The van der Waals surface area contributed by atoms with E-state index in [9.17, 15) is 13.2 Å². The number of rotatable bonds is 4. The van der Waals surface area contributed by atoms with Crippen LogP contribution in [0.5, 0.6) is 11.5 Å². The van der Waals surface area contributed by atoms with Crippen molar-refractivity contribution in [3.8, 4) is 11.5 Å².